The average molecular weight is 394 g/mol. The molecule has 0 saturated heterocycles. The maximum absolute atomic E-state index is 11.7. The third-order valence-electron chi connectivity index (χ3n) is 3.14. The summed E-state index contributed by atoms with van der Waals surface area (Å²) in [5, 5.41) is 7.67. The summed E-state index contributed by atoms with van der Waals surface area (Å²) in [4.78, 5) is 34.9. The second-order valence-electron chi connectivity index (χ2n) is 4.84. The van der Waals surface area contributed by atoms with Crippen molar-refractivity contribution in [3.05, 3.63) is 58.0 Å². The van der Waals surface area contributed by atoms with Crippen LogP contribution in [0.4, 0.5) is 0 Å². The molecule has 0 aliphatic heterocycles. The minimum atomic E-state index is -0.467. The molecular weight excluding hydrogens is 378 g/mol. The van der Waals surface area contributed by atoms with Crippen LogP contribution in [0.25, 0.3) is 0 Å². The van der Waals surface area contributed by atoms with Crippen LogP contribution in [0.3, 0.4) is 0 Å². The lowest BCUT2D eigenvalue weighted by Gasteiger charge is -2.07. The van der Waals surface area contributed by atoms with Gasteiger partial charge in [-0.15, -0.1) is 0 Å². The summed E-state index contributed by atoms with van der Waals surface area (Å²) in [7, 11) is 1.56. The molecule has 0 fully saturated rings. The summed E-state index contributed by atoms with van der Waals surface area (Å²) >= 11 is 3.10. The Labute approximate surface area is 146 Å². The highest BCUT2D eigenvalue weighted by molar-refractivity contribution is 9.10. The van der Waals surface area contributed by atoms with Crippen molar-refractivity contribution >= 4 is 33.7 Å². The van der Waals surface area contributed by atoms with Gasteiger partial charge in [-0.3, -0.25) is 14.4 Å². The fourth-order valence-corrected chi connectivity index (χ4v) is 2.17. The van der Waals surface area contributed by atoms with Crippen molar-refractivity contribution in [2.45, 2.75) is 6.54 Å². The molecule has 0 unspecified atom stereocenters. The van der Waals surface area contributed by atoms with Crippen molar-refractivity contribution in [1.82, 2.24) is 16.0 Å². The summed E-state index contributed by atoms with van der Waals surface area (Å²) in [5.74, 6) is -0.840. The van der Waals surface area contributed by atoms with Crippen LogP contribution in [0, 0.1) is 0 Å². The molecular formula is C16H16BrN3O4. The Morgan fingerprint density at radius 2 is 1.71 bits per heavy atom. The van der Waals surface area contributed by atoms with E-state index in [9.17, 15) is 14.4 Å². The number of carbonyl (C=O) groups excluding carboxylic acids is 3. The highest BCUT2D eigenvalue weighted by atomic mass is 79.9. The molecule has 126 valence electrons. The molecule has 0 aliphatic carbocycles. The Kier molecular flexibility index (Phi) is 6.14. The van der Waals surface area contributed by atoms with Gasteiger partial charge >= 0.3 is 0 Å². The number of rotatable bonds is 6. The average Bonchev–Trinajstić information content (AvgIpc) is 3.04. The second kappa shape index (κ2) is 8.30. The van der Waals surface area contributed by atoms with E-state index in [0.717, 1.165) is 5.56 Å². The van der Waals surface area contributed by atoms with Crippen LogP contribution >= 0.6 is 15.9 Å². The van der Waals surface area contributed by atoms with Gasteiger partial charge in [0.1, 0.15) is 0 Å². The van der Waals surface area contributed by atoms with Gasteiger partial charge in [-0.05, 0) is 45.8 Å². The van der Waals surface area contributed by atoms with Crippen LogP contribution in [0.2, 0.25) is 0 Å². The highest BCUT2D eigenvalue weighted by Crippen LogP contribution is 2.13. The smallest absolute Gasteiger partial charge is 0.287 e. The lowest BCUT2D eigenvalue weighted by atomic mass is 10.1. The Morgan fingerprint density at radius 1 is 1.00 bits per heavy atom. The van der Waals surface area contributed by atoms with Crippen molar-refractivity contribution < 1.29 is 18.8 Å². The first kappa shape index (κ1) is 17.7. The zero-order chi connectivity index (χ0) is 17.5. The lowest BCUT2D eigenvalue weighted by Crippen LogP contribution is -2.36. The fraction of sp³-hybridized carbons (Fsp3) is 0.188. The molecule has 2 aromatic rings. The first-order valence-electron chi connectivity index (χ1n) is 7.11. The van der Waals surface area contributed by atoms with E-state index in [-0.39, 0.29) is 24.1 Å². The fourth-order valence-electron chi connectivity index (χ4n) is 1.87. The first-order chi connectivity index (χ1) is 11.5. The van der Waals surface area contributed by atoms with E-state index in [2.05, 4.69) is 31.9 Å². The quantitative estimate of drug-likeness (QED) is 0.691. The van der Waals surface area contributed by atoms with E-state index in [0.29, 0.717) is 16.8 Å². The van der Waals surface area contributed by atoms with Gasteiger partial charge < -0.3 is 20.4 Å². The molecule has 2 rings (SSSR count). The minimum Gasteiger partial charge on any atom is -0.444 e. The number of carbonyl (C=O) groups is 3. The molecule has 8 heteroatoms. The van der Waals surface area contributed by atoms with Gasteiger partial charge in [0.05, 0.1) is 6.54 Å². The Balaban J connectivity index is 1.76. The Bertz CT molecular complexity index is 740. The summed E-state index contributed by atoms with van der Waals surface area (Å²) in [6.45, 7) is 0.141. The van der Waals surface area contributed by atoms with E-state index in [1.807, 2.05) is 0 Å². The highest BCUT2D eigenvalue weighted by Gasteiger charge is 2.11. The molecule has 0 bridgehead atoms. The van der Waals surface area contributed by atoms with Crippen molar-refractivity contribution in [2.24, 2.45) is 0 Å². The standard InChI is InChI=1S/C16H16BrN3O4/c1-18-15(22)11-4-2-10(3-5-11)8-19-14(21)9-20-16(23)12-6-7-13(17)24-12/h2-7H,8-9H2,1H3,(H,18,22)(H,19,21)(H,20,23). The van der Waals surface area contributed by atoms with Gasteiger partial charge in [-0.1, -0.05) is 12.1 Å². The van der Waals surface area contributed by atoms with Crippen molar-refractivity contribution in [3.8, 4) is 0 Å². The van der Waals surface area contributed by atoms with Crippen LogP contribution < -0.4 is 16.0 Å². The first-order valence-corrected chi connectivity index (χ1v) is 7.90. The molecule has 3 amide bonds. The second-order valence-corrected chi connectivity index (χ2v) is 5.62. The molecule has 0 radical (unpaired) electrons. The van der Waals surface area contributed by atoms with E-state index in [1.165, 1.54) is 6.07 Å². The van der Waals surface area contributed by atoms with Crippen LogP contribution in [-0.2, 0) is 11.3 Å². The summed E-state index contributed by atoms with van der Waals surface area (Å²) in [5.41, 5.74) is 1.39. The Morgan fingerprint density at radius 3 is 2.29 bits per heavy atom. The zero-order valence-electron chi connectivity index (χ0n) is 12.9. The molecule has 0 saturated carbocycles. The van der Waals surface area contributed by atoms with E-state index in [1.54, 1.807) is 37.4 Å². The third kappa shape index (κ3) is 4.95. The normalized spacial score (nSPS) is 10.1. The number of hydrogen-bond donors (Lipinski definition) is 3. The van der Waals surface area contributed by atoms with Crippen molar-refractivity contribution in [1.29, 1.82) is 0 Å². The topological polar surface area (TPSA) is 100 Å². The number of furan rings is 1. The monoisotopic (exact) mass is 393 g/mol. The van der Waals surface area contributed by atoms with Crippen LogP contribution in [0.1, 0.15) is 26.5 Å². The van der Waals surface area contributed by atoms with Gasteiger partial charge in [-0.25, -0.2) is 0 Å². The van der Waals surface area contributed by atoms with Crippen molar-refractivity contribution in [3.63, 3.8) is 0 Å². The Hall–Kier alpha value is -2.61. The van der Waals surface area contributed by atoms with Crippen molar-refractivity contribution in [2.75, 3.05) is 13.6 Å². The third-order valence-corrected chi connectivity index (χ3v) is 3.57. The molecule has 0 aliphatic rings. The van der Waals surface area contributed by atoms with E-state index < -0.39 is 5.91 Å². The SMILES string of the molecule is CNC(=O)c1ccc(CNC(=O)CNC(=O)c2ccc(Br)o2)cc1. The van der Waals surface area contributed by atoms with Gasteiger partial charge in [0.25, 0.3) is 11.8 Å². The number of halogens is 1. The number of hydrogen-bond acceptors (Lipinski definition) is 4. The predicted octanol–water partition coefficient (Wildman–Crippen LogP) is 1.45. The van der Waals surface area contributed by atoms with E-state index >= 15 is 0 Å². The van der Waals surface area contributed by atoms with E-state index in [4.69, 9.17) is 4.42 Å². The zero-order valence-corrected chi connectivity index (χ0v) is 14.5. The molecule has 0 spiro atoms. The van der Waals surface area contributed by atoms with Crippen LogP contribution in [0.15, 0.2) is 45.5 Å². The molecule has 1 heterocycles. The minimum absolute atomic E-state index is 0.125. The number of amides is 3. The summed E-state index contributed by atoms with van der Waals surface area (Å²) in [6, 6.07) is 9.96. The van der Waals surface area contributed by atoms with Gasteiger partial charge in [0, 0.05) is 19.2 Å². The maximum atomic E-state index is 11.7. The number of benzene rings is 1. The molecule has 24 heavy (non-hydrogen) atoms. The van der Waals surface area contributed by atoms with Gasteiger partial charge in [-0.2, -0.15) is 0 Å². The molecule has 0 atom stereocenters. The van der Waals surface area contributed by atoms with Crippen LogP contribution in [0.5, 0.6) is 0 Å². The molecule has 1 aromatic carbocycles. The summed E-state index contributed by atoms with van der Waals surface area (Å²) in [6.07, 6.45) is 0. The largest absolute Gasteiger partial charge is 0.444 e. The number of nitrogens with one attached hydrogen (secondary N) is 3. The predicted molar refractivity (Wildman–Crippen MR) is 90.4 cm³/mol. The van der Waals surface area contributed by atoms with Crippen LogP contribution in [-0.4, -0.2) is 31.3 Å². The van der Waals surface area contributed by atoms with Gasteiger partial charge in [0.15, 0.2) is 10.4 Å². The lowest BCUT2D eigenvalue weighted by molar-refractivity contribution is -0.120. The molecule has 7 nitrogen and oxygen atoms in total. The maximum Gasteiger partial charge on any atom is 0.287 e. The summed E-state index contributed by atoms with van der Waals surface area (Å²) < 4.78 is 5.53. The molecule has 3 N–H and O–H groups in total. The van der Waals surface area contributed by atoms with Gasteiger partial charge in [0.2, 0.25) is 5.91 Å². The molecule has 1 aromatic heterocycles.